The predicted molar refractivity (Wildman–Crippen MR) is 53.7 cm³/mol. The van der Waals surface area contributed by atoms with Crippen LogP contribution in [0.4, 0.5) is 0 Å². The minimum atomic E-state index is 0.792. The molecule has 0 aromatic carbocycles. The molecule has 0 rings (SSSR count). The summed E-state index contributed by atoms with van der Waals surface area (Å²) in [6, 6.07) is 0. The molecule has 0 aliphatic rings. The highest BCUT2D eigenvalue weighted by Crippen LogP contribution is 2.10. The van der Waals surface area contributed by atoms with Crippen molar-refractivity contribution in [1.82, 2.24) is 0 Å². The van der Waals surface area contributed by atoms with E-state index in [2.05, 4.69) is 13.8 Å². The largest absolute Gasteiger partial charge is 0.330 e. The van der Waals surface area contributed by atoms with Gasteiger partial charge in [-0.1, -0.05) is 40.5 Å². The van der Waals surface area contributed by atoms with E-state index in [-0.39, 0.29) is 0 Å². The maximum Gasteiger partial charge on any atom is -0.00489 e. The van der Waals surface area contributed by atoms with E-state index in [4.69, 9.17) is 5.73 Å². The molecule has 0 spiro atoms. The smallest absolute Gasteiger partial charge is 0.00489 e. The van der Waals surface area contributed by atoms with Crippen LogP contribution in [0.3, 0.4) is 0 Å². The molecule has 0 unspecified atom stereocenters. The third-order valence-electron chi connectivity index (χ3n) is 1.73. The third kappa shape index (κ3) is 9.96. The highest BCUT2D eigenvalue weighted by atomic mass is 14.5. The monoisotopic (exact) mass is 159 g/mol. The summed E-state index contributed by atoms with van der Waals surface area (Å²) in [6.45, 7) is 9.32. The van der Waals surface area contributed by atoms with E-state index in [1.807, 2.05) is 13.8 Å². The van der Waals surface area contributed by atoms with Gasteiger partial charge in [-0.3, -0.25) is 0 Å². The molecule has 0 aromatic heterocycles. The van der Waals surface area contributed by atoms with E-state index in [1.54, 1.807) is 0 Å². The first-order valence-electron chi connectivity index (χ1n) is 5.05. The van der Waals surface area contributed by atoms with Crippen LogP contribution in [-0.4, -0.2) is 6.54 Å². The topological polar surface area (TPSA) is 26.0 Å². The van der Waals surface area contributed by atoms with Crippen molar-refractivity contribution in [2.45, 2.75) is 53.4 Å². The molecular weight excluding hydrogens is 134 g/mol. The Balaban J connectivity index is 0. The van der Waals surface area contributed by atoms with Gasteiger partial charge in [0.2, 0.25) is 0 Å². The Bertz CT molecular complexity index is 46.8. The Hall–Kier alpha value is -0.0400. The van der Waals surface area contributed by atoms with Crippen LogP contribution in [0.15, 0.2) is 0 Å². The minimum absolute atomic E-state index is 0.792. The lowest BCUT2D eigenvalue weighted by Crippen LogP contribution is -2.13. The van der Waals surface area contributed by atoms with Gasteiger partial charge in [-0.15, -0.1) is 0 Å². The van der Waals surface area contributed by atoms with Gasteiger partial charge in [-0.05, 0) is 25.3 Å². The maximum atomic E-state index is 5.54. The summed E-state index contributed by atoms with van der Waals surface area (Å²) in [6.07, 6.45) is 5.18. The second-order valence-electron chi connectivity index (χ2n) is 2.68. The molecule has 0 bridgehead atoms. The Labute approximate surface area is 72.4 Å². The van der Waals surface area contributed by atoms with Crippen molar-refractivity contribution in [3.8, 4) is 0 Å². The molecule has 1 nitrogen and oxygen atoms in total. The molecule has 0 radical (unpaired) electrons. The summed E-state index contributed by atoms with van der Waals surface area (Å²) in [5.74, 6) is 0.792. The van der Waals surface area contributed by atoms with Gasteiger partial charge in [0.05, 0.1) is 0 Å². The zero-order valence-electron chi connectivity index (χ0n) is 8.69. The zero-order chi connectivity index (χ0) is 9.11. The molecule has 11 heavy (non-hydrogen) atoms. The van der Waals surface area contributed by atoms with Gasteiger partial charge in [0, 0.05) is 0 Å². The quantitative estimate of drug-likeness (QED) is 0.655. The third-order valence-corrected chi connectivity index (χ3v) is 1.73. The summed E-state index contributed by atoms with van der Waals surface area (Å²) in [5.41, 5.74) is 5.54. The number of hydrogen-bond acceptors (Lipinski definition) is 1. The standard InChI is InChI=1S/C8H19N.C2H6/c1-3-5-8(7-9)6-4-2;1-2/h8H,3-7,9H2,1-2H3;1-2H3. The molecule has 0 aliphatic carbocycles. The summed E-state index contributed by atoms with van der Waals surface area (Å²) in [4.78, 5) is 0. The average Bonchev–Trinajstić information content (AvgIpc) is 2.08. The molecule has 0 saturated carbocycles. The molecule has 0 heterocycles. The van der Waals surface area contributed by atoms with Crippen molar-refractivity contribution < 1.29 is 0 Å². The van der Waals surface area contributed by atoms with Crippen LogP contribution in [0.1, 0.15) is 53.4 Å². The van der Waals surface area contributed by atoms with Gasteiger partial charge in [0.15, 0.2) is 0 Å². The van der Waals surface area contributed by atoms with Crippen molar-refractivity contribution >= 4 is 0 Å². The normalized spacial score (nSPS) is 9.27. The SMILES string of the molecule is CC.CCCC(CN)CCC. The van der Waals surface area contributed by atoms with Crippen LogP contribution in [0, 0.1) is 5.92 Å². The van der Waals surface area contributed by atoms with E-state index < -0.39 is 0 Å². The molecule has 0 saturated heterocycles. The molecule has 1 heteroatoms. The van der Waals surface area contributed by atoms with E-state index >= 15 is 0 Å². The second kappa shape index (κ2) is 12.6. The van der Waals surface area contributed by atoms with Crippen molar-refractivity contribution in [1.29, 1.82) is 0 Å². The molecule has 0 aromatic rings. The van der Waals surface area contributed by atoms with Gasteiger partial charge < -0.3 is 5.73 Å². The summed E-state index contributed by atoms with van der Waals surface area (Å²) in [7, 11) is 0. The van der Waals surface area contributed by atoms with Gasteiger partial charge in [0.25, 0.3) is 0 Å². The first kappa shape index (κ1) is 13.5. The number of hydrogen-bond donors (Lipinski definition) is 1. The van der Waals surface area contributed by atoms with Gasteiger partial charge in [-0.2, -0.15) is 0 Å². The lowest BCUT2D eigenvalue weighted by Gasteiger charge is -2.10. The Morgan fingerprint density at radius 3 is 1.55 bits per heavy atom. The fraction of sp³-hybridized carbons (Fsp3) is 1.00. The Kier molecular flexibility index (Phi) is 15.5. The molecular formula is C10H25N. The first-order valence-corrected chi connectivity index (χ1v) is 5.05. The zero-order valence-corrected chi connectivity index (χ0v) is 8.69. The maximum absolute atomic E-state index is 5.54. The summed E-state index contributed by atoms with van der Waals surface area (Å²) in [5, 5.41) is 0. The molecule has 2 N–H and O–H groups in total. The van der Waals surface area contributed by atoms with Gasteiger partial charge in [0.1, 0.15) is 0 Å². The molecule has 0 aliphatic heterocycles. The van der Waals surface area contributed by atoms with Gasteiger partial charge in [-0.25, -0.2) is 0 Å². The summed E-state index contributed by atoms with van der Waals surface area (Å²) >= 11 is 0. The Morgan fingerprint density at radius 2 is 1.36 bits per heavy atom. The average molecular weight is 159 g/mol. The lowest BCUT2D eigenvalue weighted by molar-refractivity contribution is 0.450. The van der Waals surface area contributed by atoms with Crippen LogP contribution >= 0.6 is 0 Å². The fourth-order valence-corrected chi connectivity index (χ4v) is 1.20. The first-order chi connectivity index (χ1) is 5.35. The molecule has 0 atom stereocenters. The van der Waals surface area contributed by atoms with E-state index in [1.165, 1.54) is 25.7 Å². The van der Waals surface area contributed by atoms with Crippen LogP contribution in [0.5, 0.6) is 0 Å². The highest BCUT2D eigenvalue weighted by Gasteiger charge is 2.01. The second-order valence-corrected chi connectivity index (χ2v) is 2.68. The van der Waals surface area contributed by atoms with Crippen molar-refractivity contribution in [3.63, 3.8) is 0 Å². The van der Waals surface area contributed by atoms with Crippen molar-refractivity contribution in [3.05, 3.63) is 0 Å². The summed E-state index contributed by atoms with van der Waals surface area (Å²) < 4.78 is 0. The van der Waals surface area contributed by atoms with Crippen LogP contribution in [0.25, 0.3) is 0 Å². The predicted octanol–water partition coefficient (Wildman–Crippen LogP) is 3.19. The number of rotatable bonds is 5. The van der Waals surface area contributed by atoms with E-state index in [0.717, 1.165) is 12.5 Å². The lowest BCUT2D eigenvalue weighted by atomic mass is 9.99. The minimum Gasteiger partial charge on any atom is -0.330 e. The van der Waals surface area contributed by atoms with Crippen LogP contribution in [0.2, 0.25) is 0 Å². The van der Waals surface area contributed by atoms with Crippen molar-refractivity contribution in [2.75, 3.05) is 6.54 Å². The molecule has 70 valence electrons. The number of nitrogens with two attached hydrogens (primary N) is 1. The Morgan fingerprint density at radius 1 is 1.00 bits per heavy atom. The van der Waals surface area contributed by atoms with E-state index in [9.17, 15) is 0 Å². The van der Waals surface area contributed by atoms with Gasteiger partial charge >= 0.3 is 0 Å². The highest BCUT2D eigenvalue weighted by molar-refractivity contribution is 4.57. The van der Waals surface area contributed by atoms with E-state index in [0.29, 0.717) is 0 Å². The van der Waals surface area contributed by atoms with Crippen LogP contribution < -0.4 is 5.73 Å². The van der Waals surface area contributed by atoms with Crippen molar-refractivity contribution in [2.24, 2.45) is 11.7 Å². The fourth-order valence-electron chi connectivity index (χ4n) is 1.20. The molecule has 0 fully saturated rings. The molecule has 0 amide bonds. The van der Waals surface area contributed by atoms with Crippen LogP contribution in [-0.2, 0) is 0 Å².